The van der Waals surface area contributed by atoms with Crippen LogP contribution < -0.4 is 10.6 Å². The van der Waals surface area contributed by atoms with Crippen molar-refractivity contribution < 1.29 is 33.4 Å². The van der Waals surface area contributed by atoms with E-state index in [1.54, 1.807) is 44.4 Å². The molecule has 4 atom stereocenters. The van der Waals surface area contributed by atoms with E-state index >= 15 is 0 Å². The molecule has 1 unspecified atom stereocenters. The minimum absolute atomic E-state index is 0.0140. The summed E-state index contributed by atoms with van der Waals surface area (Å²) in [7, 11) is 1.55. The van der Waals surface area contributed by atoms with Gasteiger partial charge >= 0.3 is 5.97 Å². The van der Waals surface area contributed by atoms with Gasteiger partial charge in [0.05, 0.1) is 23.5 Å². The molecule has 184 valence electrons. The average Bonchev–Trinajstić information content (AvgIpc) is 3.28. The second-order valence-corrected chi connectivity index (χ2v) is 8.97. The number of nitrogens with zero attached hydrogens (tertiary/aromatic N) is 1. The van der Waals surface area contributed by atoms with E-state index in [0.29, 0.717) is 17.7 Å². The van der Waals surface area contributed by atoms with Gasteiger partial charge in [0, 0.05) is 25.8 Å². The van der Waals surface area contributed by atoms with E-state index in [4.69, 9.17) is 13.9 Å². The molecule has 2 amide bonds. The number of aliphatic hydroxyl groups excluding tert-OH is 1. The van der Waals surface area contributed by atoms with Crippen molar-refractivity contribution in [2.75, 3.05) is 19.4 Å². The summed E-state index contributed by atoms with van der Waals surface area (Å²) in [5, 5.41) is 15.7. The quantitative estimate of drug-likeness (QED) is 0.496. The summed E-state index contributed by atoms with van der Waals surface area (Å²) in [6.07, 6.45) is 9.29. The molecule has 3 N–H and O–H groups in total. The zero-order chi connectivity index (χ0) is 24.5. The molecule has 0 radical (unpaired) electrons. The summed E-state index contributed by atoms with van der Waals surface area (Å²) >= 11 is 1.16. The molecule has 0 saturated carbocycles. The molecule has 34 heavy (non-hydrogen) atoms. The average molecular weight is 492 g/mol. The summed E-state index contributed by atoms with van der Waals surface area (Å²) in [6, 6.07) is -0.995. The summed E-state index contributed by atoms with van der Waals surface area (Å²) in [4.78, 5) is 42.6. The minimum Gasteiger partial charge on any atom is -0.461 e. The monoisotopic (exact) mass is 491 g/mol. The van der Waals surface area contributed by atoms with Gasteiger partial charge in [-0.3, -0.25) is 9.59 Å². The molecular weight excluding hydrogens is 462 g/mol. The van der Waals surface area contributed by atoms with E-state index in [-0.39, 0.29) is 42.3 Å². The number of esters is 1. The number of amides is 2. The number of rotatable bonds is 1. The van der Waals surface area contributed by atoms with Crippen molar-refractivity contribution in [3.8, 4) is 0 Å². The third kappa shape index (κ3) is 7.57. The molecule has 2 aliphatic heterocycles. The summed E-state index contributed by atoms with van der Waals surface area (Å²) in [5.41, 5.74) is -0.0140. The van der Waals surface area contributed by atoms with Gasteiger partial charge in [-0.05, 0) is 13.3 Å². The number of aliphatic hydroxyl groups is 1. The standard InChI is InChI=1S/C23H29N3O7S/c1-14-8-9-19-22(29)24-11-16(31-2)7-5-3-4-6-15(27)10-20-25-17(12-32-20)21(28)26-18(13-34-19)23(30)33-14/h3-5,7,9,12,14-16,18,27H,6,8,10-11,13H2,1-2H3,(H,24,29)(H,26,28)/b4-3+,7-5+,19-9-/t14-,15-,16?,18-/m1/s1. The zero-order valence-electron chi connectivity index (χ0n) is 19.1. The number of thioether (sulfide) groups is 1. The number of fused-ring (bicyclic) bond motifs is 5. The molecule has 0 spiro atoms. The van der Waals surface area contributed by atoms with Crippen molar-refractivity contribution in [3.05, 3.63) is 53.1 Å². The van der Waals surface area contributed by atoms with Crippen LogP contribution in [0.5, 0.6) is 0 Å². The van der Waals surface area contributed by atoms with Crippen LogP contribution in [0.3, 0.4) is 0 Å². The number of ether oxygens (including phenoxy) is 2. The SMILES string of the molecule is COC1/C=C/C=C/C[C@@H](O)Cc2nc(co2)C(=O)N[C@@H]2CS/C(=C\C[C@@H](C)OC2=O)C(=O)NC1. The van der Waals surface area contributed by atoms with E-state index in [0.717, 1.165) is 11.8 Å². The van der Waals surface area contributed by atoms with Crippen molar-refractivity contribution in [2.24, 2.45) is 0 Å². The van der Waals surface area contributed by atoms with Gasteiger partial charge in [-0.2, -0.15) is 0 Å². The van der Waals surface area contributed by atoms with Gasteiger partial charge in [0.25, 0.3) is 11.8 Å². The fourth-order valence-electron chi connectivity index (χ4n) is 3.20. The predicted molar refractivity (Wildman–Crippen MR) is 125 cm³/mol. The Hall–Kier alpha value is -2.89. The third-order valence-electron chi connectivity index (χ3n) is 5.11. The van der Waals surface area contributed by atoms with E-state index in [2.05, 4.69) is 15.6 Å². The molecule has 0 saturated heterocycles. The van der Waals surface area contributed by atoms with E-state index < -0.39 is 30.1 Å². The number of oxazole rings is 1. The van der Waals surface area contributed by atoms with E-state index in [1.165, 1.54) is 6.26 Å². The van der Waals surface area contributed by atoms with Crippen LogP contribution in [-0.2, 0) is 25.5 Å². The maximum Gasteiger partial charge on any atom is 0.329 e. The van der Waals surface area contributed by atoms with Crippen LogP contribution in [0.25, 0.3) is 0 Å². The first-order chi connectivity index (χ1) is 16.4. The van der Waals surface area contributed by atoms with E-state index in [9.17, 15) is 19.5 Å². The predicted octanol–water partition coefficient (Wildman–Crippen LogP) is 1.28. The number of cyclic esters (lactones) is 1. The molecular formula is C23H29N3O7S. The van der Waals surface area contributed by atoms with Gasteiger partial charge in [0.2, 0.25) is 0 Å². The molecule has 0 aliphatic carbocycles. The molecule has 10 nitrogen and oxygen atoms in total. The van der Waals surface area contributed by atoms with Crippen LogP contribution in [0.2, 0.25) is 0 Å². The Morgan fingerprint density at radius 3 is 2.82 bits per heavy atom. The second-order valence-electron chi connectivity index (χ2n) is 7.91. The fraction of sp³-hybridized carbons (Fsp3) is 0.478. The van der Waals surface area contributed by atoms with Gasteiger partial charge in [0.1, 0.15) is 18.4 Å². The normalized spacial score (nSPS) is 30.9. The number of hydrogen-bond acceptors (Lipinski definition) is 9. The zero-order valence-corrected chi connectivity index (χ0v) is 19.9. The minimum atomic E-state index is -0.995. The lowest BCUT2D eigenvalue weighted by molar-refractivity contribution is -0.149. The number of nitrogens with one attached hydrogen (secondary N) is 2. The molecule has 1 aromatic rings. The topological polar surface area (TPSA) is 140 Å². The summed E-state index contributed by atoms with van der Waals surface area (Å²) in [6.45, 7) is 1.96. The first-order valence-electron chi connectivity index (χ1n) is 11.0. The highest BCUT2D eigenvalue weighted by Gasteiger charge is 2.28. The largest absolute Gasteiger partial charge is 0.461 e. The number of carbonyl (C=O) groups is 3. The Labute approximate surface area is 201 Å². The summed E-state index contributed by atoms with van der Waals surface area (Å²) in [5.74, 6) is -1.21. The smallest absolute Gasteiger partial charge is 0.329 e. The van der Waals surface area contributed by atoms with Crippen LogP contribution in [0, 0.1) is 0 Å². The molecule has 4 bridgehead atoms. The molecule has 3 heterocycles. The van der Waals surface area contributed by atoms with Crippen molar-refractivity contribution in [3.63, 3.8) is 0 Å². The lowest BCUT2D eigenvalue weighted by Gasteiger charge is -2.18. The molecule has 0 aromatic carbocycles. The Kier molecular flexibility index (Phi) is 9.49. The van der Waals surface area contributed by atoms with Crippen molar-refractivity contribution >= 4 is 29.5 Å². The fourth-order valence-corrected chi connectivity index (χ4v) is 4.18. The number of allylic oxidation sites excluding steroid dienone is 2. The lowest BCUT2D eigenvalue weighted by atomic mass is 10.1. The number of hydrogen-bond donors (Lipinski definition) is 3. The molecule has 2 aliphatic rings. The molecule has 1 aromatic heterocycles. The Morgan fingerprint density at radius 2 is 2.03 bits per heavy atom. The first-order valence-corrected chi connectivity index (χ1v) is 12.0. The van der Waals surface area contributed by atoms with Crippen LogP contribution in [0.4, 0.5) is 0 Å². The van der Waals surface area contributed by atoms with Crippen LogP contribution in [-0.4, -0.2) is 71.6 Å². The number of carbonyl (C=O) groups excluding carboxylic acids is 3. The van der Waals surface area contributed by atoms with Gasteiger partial charge in [-0.25, -0.2) is 9.78 Å². The molecule has 3 rings (SSSR count). The number of methoxy groups -OCH3 is 1. The van der Waals surface area contributed by atoms with Gasteiger partial charge < -0.3 is 29.6 Å². The highest BCUT2D eigenvalue weighted by atomic mass is 32.2. The van der Waals surface area contributed by atoms with Gasteiger partial charge in [0.15, 0.2) is 11.6 Å². The van der Waals surface area contributed by atoms with Gasteiger partial charge in [-0.15, -0.1) is 11.8 Å². The molecule has 0 fully saturated rings. The van der Waals surface area contributed by atoms with E-state index in [1.807, 2.05) is 0 Å². The Balaban J connectivity index is 1.85. The van der Waals surface area contributed by atoms with Crippen molar-refractivity contribution in [1.29, 1.82) is 0 Å². The highest BCUT2D eigenvalue weighted by Crippen LogP contribution is 2.22. The lowest BCUT2D eigenvalue weighted by Crippen LogP contribution is -2.44. The van der Waals surface area contributed by atoms with Crippen LogP contribution >= 0.6 is 11.8 Å². The van der Waals surface area contributed by atoms with Crippen LogP contribution in [0.15, 0.2) is 46.0 Å². The second kappa shape index (κ2) is 12.5. The van der Waals surface area contributed by atoms with Gasteiger partial charge in [-0.1, -0.05) is 30.4 Å². The Morgan fingerprint density at radius 1 is 1.21 bits per heavy atom. The molecule has 11 heteroatoms. The summed E-state index contributed by atoms with van der Waals surface area (Å²) < 4.78 is 16.1. The van der Waals surface area contributed by atoms with Crippen molar-refractivity contribution in [2.45, 2.75) is 50.5 Å². The maximum absolute atomic E-state index is 12.8. The third-order valence-corrected chi connectivity index (χ3v) is 6.28. The first kappa shape index (κ1) is 25.7. The maximum atomic E-state index is 12.8. The number of aromatic nitrogens is 1. The van der Waals surface area contributed by atoms with Crippen molar-refractivity contribution in [1.82, 2.24) is 15.6 Å². The highest BCUT2D eigenvalue weighted by molar-refractivity contribution is 8.04. The van der Waals surface area contributed by atoms with Crippen LogP contribution in [0.1, 0.15) is 36.1 Å². The Bertz CT molecular complexity index is 972.